The maximum absolute atomic E-state index is 12.8. The minimum absolute atomic E-state index is 0.00185. The van der Waals surface area contributed by atoms with E-state index in [1.165, 1.54) is 11.3 Å². The van der Waals surface area contributed by atoms with Gasteiger partial charge in [-0.2, -0.15) is 0 Å². The Labute approximate surface area is 170 Å². The average molecular weight is 423 g/mol. The van der Waals surface area contributed by atoms with Crippen LogP contribution in [0.2, 0.25) is 0 Å². The molecule has 1 unspecified atom stereocenters. The van der Waals surface area contributed by atoms with Gasteiger partial charge in [-0.25, -0.2) is 13.4 Å². The van der Waals surface area contributed by atoms with E-state index in [0.29, 0.717) is 16.9 Å². The van der Waals surface area contributed by atoms with Crippen molar-refractivity contribution in [2.75, 3.05) is 22.8 Å². The number of piperidine rings is 1. The van der Waals surface area contributed by atoms with Gasteiger partial charge < -0.3 is 5.32 Å². The highest BCUT2D eigenvalue weighted by Gasteiger charge is 2.30. The van der Waals surface area contributed by atoms with Crippen LogP contribution in [0, 0.1) is 0 Å². The van der Waals surface area contributed by atoms with E-state index in [-0.39, 0.29) is 11.9 Å². The van der Waals surface area contributed by atoms with E-state index < -0.39 is 10.0 Å². The molecule has 0 radical (unpaired) electrons. The zero-order chi connectivity index (χ0) is 20.3. The number of hydrogen-bond donors (Lipinski definition) is 2. The second-order valence-corrected chi connectivity index (χ2v) is 9.93. The number of nitrogens with zero attached hydrogens (tertiary/aromatic N) is 2. The fourth-order valence-corrected chi connectivity index (χ4v) is 4.72. The number of anilines is 2. The van der Waals surface area contributed by atoms with Crippen LogP contribution in [-0.4, -0.2) is 49.1 Å². The second kappa shape index (κ2) is 8.59. The molecular formula is C19H26N4O3S2. The Balaban J connectivity index is 1.67. The lowest BCUT2D eigenvalue weighted by Gasteiger charge is -2.37. The van der Waals surface area contributed by atoms with Crippen molar-refractivity contribution in [3.8, 4) is 11.3 Å². The Morgan fingerprint density at radius 3 is 2.61 bits per heavy atom. The lowest BCUT2D eigenvalue weighted by atomic mass is 10.00. The second-order valence-electron chi connectivity index (χ2n) is 7.32. The van der Waals surface area contributed by atoms with E-state index in [9.17, 15) is 13.2 Å². The summed E-state index contributed by atoms with van der Waals surface area (Å²) in [6, 6.07) is 7.21. The van der Waals surface area contributed by atoms with Crippen molar-refractivity contribution < 1.29 is 13.2 Å². The molecule has 28 heavy (non-hydrogen) atoms. The molecular weight excluding hydrogens is 396 g/mol. The Bertz CT molecular complexity index is 923. The van der Waals surface area contributed by atoms with Gasteiger partial charge in [-0.05, 0) is 45.4 Å². The predicted octanol–water partition coefficient (Wildman–Crippen LogP) is 3.38. The van der Waals surface area contributed by atoms with Crippen molar-refractivity contribution in [3.63, 3.8) is 0 Å². The van der Waals surface area contributed by atoms with Crippen LogP contribution < -0.4 is 10.0 Å². The number of carbonyl (C=O) groups is 1. The average Bonchev–Trinajstić information content (AvgIpc) is 3.09. The van der Waals surface area contributed by atoms with Crippen molar-refractivity contribution in [2.45, 2.75) is 45.2 Å². The molecule has 7 nitrogen and oxygen atoms in total. The zero-order valence-corrected chi connectivity index (χ0v) is 17.9. The summed E-state index contributed by atoms with van der Waals surface area (Å²) in [6.45, 7) is 5.19. The third-order valence-corrected chi connectivity index (χ3v) is 6.09. The van der Waals surface area contributed by atoms with Gasteiger partial charge in [0.05, 0.1) is 18.0 Å². The number of aromatic nitrogens is 1. The van der Waals surface area contributed by atoms with Crippen molar-refractivity contribution >= 4 is 38.1 Å². The Morgan fingerprint density at radius 1 is 1.25 bits per heavy atom. The molecule has 9 heteroatoms. The summed E-state index contributed by atoms with van der Waals surface area (Å²) in [5.41, 5.74) is 2.11. The van der Waals surface area contributed by atoms with Crippen LogP contribution in [0.1, 0.15) is 33.1 Å². The summed E-state index contributed by atoms with van der Waals surface area (Å²) < 4.78 is 25.0. The third kappa shape index (κ3) is 5.30. The molecule has 2 aromatic rings. The van der Waals surface area contributed by atoms with Gasteiger partial charge in [0, 0.05) is 22.7 Å². The fraction of sp³-hybridized carbons (Fsp3) is 0.474. The fourth-order valence-electron chi connectivity index (χ4n) is 3.43. The first-order valence-electron chi connectivity index (χ1n) is 9.33. The van der Waals surface area contributed by atoms with Crippen LogP contribution in [0.5, 0.6) is 0 Å². The Kier molecular flexibility index (Phi) is 6.36. The van der Waals surface area contributed by atoms with Crippen LogP contribution in [0.25, 0.3) is 11.3 Å². The molecule has 1 fully saturated rings. The lowest BCUT2D eigenvalue weighted by Crippen LogP contribution is -2.50. The smallest absolute Gasteiger partial charge is 0.243 e. The summed E-state index contributed by atoms with van der Waals surface area (Å²) in [6.07, 6.45) is 4.19. The summed E-state index contributed by atoms with van der Waals surface area (Å²) >= 11 is 1.39. The molecule has 0 bridgehead atoms. The van der Waals surface area contributed by atoms with E-state index in [1.807, 2.05) is 5.38 Å². The van der Waals surface area contributed by atoms with Gasteiger partial charge in [0.1, 0.15) is 0 Å². The van der Waals surface area contributed by atoms with Crippen LogP contribution in [0.3, 0.4) is 0 Å². The minimum Gasteiger partial charge on any atom is -0.301 e. The Morgan fingerprint density at radius 2 is 1.96 bits per heavy atom. The molecule has 0 spiro atoms. The van der Waals surface area contributed by atoms with Gasteiger partial charge >= 0.3 is 0 Å². The summed E-state index contributed by atoms with van der Waals surface area (Å²) in [7, 11) is -3.30. The van der Waals surface area contributed by atoms with E-state index in [0.717, 1.165) is 43.3 Å². The van der Waals surface area contributed by atoms with E-state index in [4.69, 9.17) is 0 Å². The van der Waals surface area contributed by atoms with Crippen LogP contribution in [0.15, 0.2) is 29.6 Å². The van der Waals surface area contributed by atoms with Gasteiger partial charge in [0.15, 0.2) is 5.13 Å². The first-order valence-corrected chi connectivity index (χ1v) is 12.1. The van der Waals surface area contributed by atoms with Gasteiger partial charge in [0.25, 0.3) is 0 Å². The number of hydrogen-bond acceptors (Lipinski definition) is 6. The first kappa shape index (κ1) is 20.8. The Hall–Kier alpha value is -1.97. The molecule has 1 aromatic carbocycles. The van der Waals surface area contributed by atoms with Gasteiger partial charge in [0.2, 0.25) is 15.9 Å². The number of rotatable bonds is 6. The van der Waals surface area contributed by atoms with Gasteiger partial charge in [-0.3, -0.25) is 14.4 Å². The molecule has 1 aliphatic heterocycles. The number of sulfonamides is 1. The monoisotopic (exact) mass is 422 g/mol. The maximum atomic E-state index is 12.8. The molecule has 2 N–H and O–H groups in total. The van der Waals surface area contributed by atoms with Crippen LogP contribution >= 0.6 is 11.3 Å². The number of nitrogens with one attached hydrogen (secondary N) is 2. The molecule has 152 valence electrons. The summed E-state index contributed by atoms with van der Waals surface area (Å²) in [4.78, 5) is 19.5. The third-order valence-electron chi connectivity index (χ3n) is 4.73. The SMILES string of the molecule is CC(C)N1CCCCC1C(=O)Nc1nc(-c2ccc(NS(C)(=O)=O)cc2)cs1. The summed E-state index contributed by atoms with van der Waals surface area (Å²) in [5, 5.41) is 5.43. The van der Waals surface area contributed by atoms with Crippen molar-refractivity contribution in [3.05, 3.63) is 29.6 Å². The number of benzene rings is 1. The molecule has 1 saturated heterocycles. The number of carbonyl (C=O) groups excluding carboxylic acids is 1. The zero-order valence-electron chi connectivity index (χ0n) is 16.3. The first-order chi connectivity index (χ1) is 13.2. The van der Waals surface area contributed by atoms with Gasteiger partial charge in [-0.15, -0.1) is 11.3 Å². The molecule has 0 saturated carbocycles. The molecule has 3 rings (SSSR count). The van der Waals surface area contributed by atoms with Crippen LogP contribution in [0.4, 0.5) is 10.8 Å². The largest absolute Gasteiger partial charge is 0.301 e. The molecule has 2 heterocycles. The number of amides is 1. The highest BCUT2D eigenvalue weighted by atomic mass is 32.2. The van der Waals surface area contributed by atoms with Crippen molar-refractivity contribution in [1.29, 1.82) is 0 Å². The maximum Gasteiger partial charge on any atom is 0.243 e. The quantitative estimate of drug-likeness (QED) is 0.745. The molecule has 1 amide bonds. The molecule has 1 aromatic heterocycles. The number of likely N-dealkylation sites (tertiary alicyclic amines) is 1. The molecule has 1 aliphatic rings. The highest BCUT2D eigenvalue weighted by Crippen LogP contribution is 2.27. The normalized spacial score (nSPS) is 18.2. The van der Waals surface area contributed by atoms with Gasteiger partial charge in [-0.1, -0.05) is 18.6 Å². The predicted molar refractivity (Wildman–Crippen MR) is 114 cm³/mol. The van der Waals surface area contributed by atoms with E-state index >= 15 is 0 Å². The minimum atomic E-state index is -3.30. The van der Waals surface area contributed by atoms with Crippen molar-refractivity contribution in [1.82, 2.24) is 9.88 Å². The molecule has 0 aliphatic carbocycles. The standard InChI is InChI=1S/C19H26N4O3S2/c1-13(2)23-11-5-4-6-17(23)18(24)21-19-20-16(12-27-19)14-7-9-15(10-8-14)22-28(3,25)26/h7-10,12-13,17,22H,4-6,11H2,1-3H3,(H,20,21,24). The molecule has 1 atom stereocenters. The van der Waals surface area contributed by atoms with E-state index in [2.05, 4.69) is 33.8 Å². The summed E-state index contributed by atoms with van der Waals surface area (Å²) in [5.74, 6) is 0.00185. The van der Waals surface area contributed by atoms with E-state index in [1.54, 1.807) is 24.3 Å². The highest BCUT2D eigenvalue weighted by molar-refractivity contribution is 7.92. The van der Waals surface area contributed by atoms with Crippen LogP contribution in [-0.2, 0) is 14.8 Å². The topological polar surface area (TPSA) is 91.4 Å². The van der Waals surface area contributed by atoms with Crippen molar-refractivity contribution in [2.24, 2.45) is 0 Å². The number of thiazole rings is 1. The lowest BCUT2D eigenvalue weighted by molar-refractivity contribution is -0.123.